The minimum atomic E-state index is -4.20. The van der Waals surface area contributed by atoms with Crippen LogP contribution in [0.15, 0.2) is 0 Å². The van der Waals surface area contributed by atoms with Crippen molar-refractivity contribution in [1.82, 2.24) is 5.32 Å². The van der Waals surface area contributed by atoms with Gasteiger partial charge in [0.1, 0.15) is 6.61 Å². The third kappa shape index (κ3) is 5.70. The number of ether oxygens (including phenoxy) is 1. The molecule has 1 rings (SSSR count). The normalized spacial score (nSPS) is 27.0. The van der Waals surface area contributed by atoms with Crippen LogP contribution in [0.2, 0.25) is 0 Å². The van der Waals surface area contributed by atoms with Crippen molar-refractivity contribution < 1.29 is 17.9 Å². The van der Waals surface area contributed by atoms with Crippen LogP contribution in [0.4, 0.5) is 13.2 Å². The van der Waals surface area contributed by atoms with Crippen molar-refractivity contribution in [3.05, 3.63) is 0 Å². The van der Waals surface area contributed by atoms with E-state index >= 15 is 0 Å². The second-order valence-corrected chi connectivity index (χ2v) is 4.37. The first-order chi connectivity index (χ1) is 7.51. The fourth-order valence-corrected chi connectivity index (χ4v) is 2.04. The molecule has 1 N–H and O–H groups in total. The van der Waals surface area contributed by atoms with E-state index in [1.54, 1.807) is 0 Å². The Morgan fingerprint density at radius 3 is 2.69 bits per heavy atom. The van der Waals surface area contributed by atoms with Gasteiger partial charge in [0, 0.05) is 6.04 Å². The Hall–Kier alpha value is -0.290. The Morgan fingerprint density at radius 2 is 2.06 bits per heavy atom. The molecule has 2 atom stereocenters. The standard InChI is InChI=1S/C11H20F3NO/c1-2-6-15-9-4-3-5-10(7-9)16-8-11(12,13)14/h9-10,15H,2-8H2,1H3. The predicted molar refractivity (Wildman–Crippen MR) is 56.3 cm³/mol. The second-order valence-electron chi connectivity index (χ2n) is 4.37. The largest absolute Gasteiger partial charge is 0.411 e. The summed E-state index contributed by atoms with van der Waals surface area (Å²) in [6, 6.07) is 0.326. The monoisotopic (exact) mass is 239 g/mol. The molecular formula is C11H20F3NO. The third-order valence-corrected chi connectivity index (χ3v) is 2.79. The SMILES string of the molecule is CCCNC1CCCC(OCC(F)(F)F)C1. The molecule has 0 spiro atoms. The van der Waals surface area contributed by atoms with Crippen LogP contribution in [0, 0.1) is 0 Å². The van der Waals surface area contributed by atoms with Crippen LogP contribution in [0.1, 0.15) is 39.0 Å². The lowest BCUT2D eigenvalue weighted by atomic mass is 9.93. The summed E-state index contributed by atoms with van der Waals surface area (Å²) >= 11 is 0. The average Bonchev–Trinajstić information content (AvgIpc) is 2.23. The summed E-state index contributed by atoms with van der Waals surface area (Å²) in [5, 5.41) is 3.34. The molecule has 0 bridgehead atoms. The molecular weight excluding hydrogens is 219 g/mol. The summed E-state index contributed by atoms with van der Waals surface area (Å²) in [6.45, 7) is 1.89. The summed E-state index contributed by atoms with van der Waals surface area (Å²) in [4.78, 5) is 0. The van der Waals surface area contributed by atoms with Gasteiger partial charge in [0.05, 0.1) is 6.10 Å². The van der Waals surface area contributed by atoms with E-state index < -0.39 is 12.8 Å². The number of rotatable bonds is 5. The molecule has 96 valence electrons. The van der Waals surface area contributed by atoms with Crippen molar-refractivity contribution in [1.29, 1.82) is 0 Å². The van der Waals surface area contributed by atoms with E-state index in [9.17, 15) is 13.2 Å². The van der Waals surface area contributed by atoms with E-state index in [1.165, 1.54) is 0 Å². The van der Waals surface area contributed by atoms with Crippen molar-refractivity contribution in [2.75, 3.05) is 13.2 Å². The van der Waals surface area contributed by atoms with Gasteiger partial charge in [-0.25, -0.2) is 0 Å². The van der Waals surface area contributed by atoms with E-state index in [0.717, 1.165) is 32.2 Å². The summed E-state index contributed by atoms with van der Waals surface area (Å²) in [6.07, 6.45) is 0.0605. The van der Waals surface area contributed by atoms with Crippen LogP contribution in [0.5, 0.6) is 0 Å². The van der Waals surface area contributed by atoms with Gasteiger partial charge in [-0.05, 0) is 38.6 Å². The van der Waals surface area contributed by atoms with E-state index in [1.807, 2.05) is 0 Å². The Bertz CT molecular complexity index is 196. The van der Waals surface area contributed by atoms with Crippen LogP contribution < -0.4 is 5.32 Å². The minimum Gasteiger partial charge on any atom is -0.369 e. The van der Waals surface area contributed by atoms with Crippen molar-refractivity contribution in [2.45, 2.75) is 57.3 Å². The molecule has 0 saturated heterocycles. The first kappa shape index (κ1) is 13.8. The predicted octanol–water partition coefficient (Wildman–Crippen LogP) is 2.88. The first-order valence-electron chi connectivity index (χ1n) is 5.93. The second kappa shape index (κ2) is 6.45. The average molecular weight is 239 g/mol. The zero-order valence-corrected chi connectivity index (χ0v) is 9.65. The Kier molecular flexibility index (Phi) is 5.55. The molecule has 1 aliphatic rings. The van der Waals surface area contributed by atoms with Crippen molar-refractivity contribution >= 4 is 0 Å². The molecule has 0 heterocycles. The maximum atomic E-state index is 12.0. The van der Waals surface area contributed by atoms with Gasteiger partial charge in [-0.2, -0.15) is 13.2 Å². The number of hydrogen-bond donors (Lipinski definition) is 1. The third-order valence-electron chi connectivity index (χ3n) is 2.79. The van der Waals surface area contributed by atoms with Gasteiger partial charge < -0.3 is 10.1 Å². The van der Waals surface area contributed by atoms with Gasteiger partial charge in [-0.1, -0.05) is 6.92 Å². The summed E-state index contributed by atoms with van der Waals surface area (Å²) in [5.41, 5.74) is 0. The van der Waals surface area contributed by atoms with E-state index in [-0.39, 0.29) is 6.10 Å². The summed E-state index contributed by atoms with van der Waals surface area (Å²) in [7, 11) is 0. The van der Waals surface area contributed by atoms with Gasteiger partial charge in [-0.15, -0.1) is 0 Å². The van der Waals surface area contributed by atoms with Crippen molar-refractivity contribution in [3.63, 3.8) is 0 Å². The molecule has 5 heteroatoms. The molecule has 0 aliphatic heterocycles. The van der Waals surface area contributed by atoms with Crippen LogP contribution in [0.3, 0.4) is 0 Å². The highest BCUT2D eigenvalue weighted by Gasteiger charge is 2.31. The first-order valence-corrected chi connectivity index (χ1v) is 5.93. The number of hydrogen-bond acceptors (Lipinski definition) is 2. The van der Waals surface area contributed by atoms with Crippen LogP contribution >= 0.6 is 0 Å². The quantitative estimate of drug-likeness (QED) is 0.796. The molecule has 1 aliphatic carbocycles. The number of alkyl halides is 3. The molecule has 1 saturated carbocycles. The molecule has 16 heavy (non-hydrogen) atoms. The van der Waals surface area contributed by atoms with Crippen LogP contribution in [-0.2, 0) is 4.74 Å². The summed E-state index contributed by atoms with van der Waals surface area (Å²) < 4.78 is 40.8. The highest BCUT2D eigenvalue weighted by atomic mass is 19.4. The maximum Gasteiger partial charge on any atom is 0.411 e. The minimum absolute atomic E-state index is 0.232. The van der Waals surface area contributed by atoms with Gasteiger partial charge in [0.15, 0.2) is 0 Å². The Labute approximate surface area is 94.5 Å². The topological polar surface area (TPSA) is 21.3 Å². The fourth-order valence-electron chi connectivity index (χ4n) is 2.04. The van der Waals surface area contributed by atoms with E-state index in [2.05, 4.69) is 12.2 Å². The van der Waals surface area contributed by atoms with Gasteiger partial charge in [0.25, 0.3) is 0 Å². The lowest BCUT2D eigenvalue weighted by Crippen LogP contribution is -2.38. The summed E-state index contributed by atoms with van der Waals surface area (Å²) in [5.74, 6) is 0. The Balaban J connectivity index is 2.22. The van der Waals surface area contributed by atoms with Gasteiger partial charge >= 0.3 is 6.18 Å². The fraction of sp³-hybridized carbons (Fsp3) is 1.00. The molecule has 0 aromatic heterocycles. The van der Waals surface area contributed by atoms with E-state index in [4.69, 9.17) is 4.74 Å². The smallest absolute Gasteiger partial charge is 0.369 e. The van der Waals surface area contributed by atoms with Crippen LogP contribution in [0.25, 0.3) is 0 Å². The lowest BCUT2D eigenvalue weighted by molar-refractivity contribution is -0.188. The zero-order valence-electron chi connectivity index (χ0n) is 9.65. The van der Waals surface area contributed by atoms with Gasteiger partial charge in [-0.3, -0.25) is 0 Å². The van der Waals surface area contributed by atoms with Gasteiger partial charge in [0.2, 0.25) is 0 Å². The molecule has 0 amide bonds. The van der Waals surface area contributed by atoms with Crippen molar-refractivity contribution in [3.8, 4) is 0 Å². The number of nitrogens with one attached hydrogen (secondary N) is 1. The molecule has 0 radical (unpaired) electrons. The number of halogens is 3. The zero-order chi connectivity index (χ0) is 12.0. The maximum absolute atomic E-state index is 12.0. The van der Waals surface area contributed by atoms with Crippen molar-refractivity contribution in [2.24, 2.45) is 0 Å². The molecule has 2 nitrogen and oxygen atoms in total. The van der Waals surface area contributed by atoms with Crippen LogP contribution in [-0.4, -0.2) is 31.5 Å². The molecule has 0 aromatic carbocycles. The Morgan fingerprint density at radius 1 is 1.31 bits per heavy atom. The molecule has 0 aromatic rings. The highest BCUT2D eigenvalue weighted by molar-refractivity contribution is 4.78. The highest BCUT2D eigenvalue weighted by Crippen LogP contribution is 2.24. The lowest BCUT2D eigenvalue weighted by Gasteiger charge is -2.30. The molecule has 2 unspecified atom stereocenters. The van der Waals surface area contributed by atoms with E-state index in [0.29, 0.717) is 12.5 Å². The molecule has 1 fully saturated rings.